The van der Waals surface area contributed by atoms with Crippen molar-refractivity contribution in [2.45, 2.75) is 0 Å². The number of carbonyl (C=O) groups is 3. The maximum Gasteiger partial charge on any atom is 0.253 e. The van der Waals surface area contributed by atoms with Gasteiger partial charge < -0.3 is 15.5 Å². The Morgan fingerprint density at radius 3 is 2.07 bits per heavy atom. The maximum absolute atomic E-state index is 13.0. The first-order valence-corrected chi connectivity index (χ1v) is 9.35. The summed E-state index contributed by atoms with van der Waals surface area (Å²) >= 11 is 0. The number of nitrogens with zero attached hydrogens (tertiary/aromatic N) is 2. The van der Waals surface area contributed by atoms with Crippen LogP contribution in [0, 0.1) is 5.82 Å². The molecule has 1 saturated heterocycles. The number of rotatable bonds is 5. The first kappa shape index (κ1) is 20.5. The van der Waals surface area contributed by atoms with Crippen LogP contribution in [0.4, 0.5) is 10.1 Å². The van der Waals surface area contributed by atoms with Gasteiger partial charge in [0, 0.05) is 50.0 Å². The Morgan fingerprint density at radius 2 is 1.48 bits per heavy atom. The molecular weight excluding hydrogens is 375 g/mol. The van der Waals surface area contributed by atoms with Crippen molar-refractivity contribution in [3.63, 3.8) is 0 Å². The number of anilines is 1. The lowest BCUT2D eigenvalue weighted by atomic mass is 10.1. The van der Waals surface area contributed by atoms with Crippen LogP contribution in [0.15, 0.2) is 48.5 Å². The Kier molecular flexibility index (Phi) is 6.56. The standard InChI is InChI=1S/C21H23FN4O3/c1-23-20(28)15-4-8-18(9-5-15)24-19(27)14-25-10-12-26(13-11-25)21(29)16-2-6-17(22)7-3-16/h2-9H,10-14H2,1H3,(H,23,28)(H,24,27). The first-order chi connectivity index (χ1) is 14.0. The van der Waals surface area contributed by atoms with Gasteiger partial charge in [0.1, 0.15) is 5.82 Å². The van der Waals surface area contributed by atoms with Crippen molar-refractivity contribution < 1.29 is 18.8 Å². The third-order valence-electron chi connectivity index (χ3n) is 4.78. The van der Waals surface area contributed by atoms with Crippen LogP contribution in [0.1, 0.15) is 20.7 Å². The predicted octanol–water partition coefficient (Wildman–Crippen LogP) is 1.58. The number of halogens is 1. The summed E-state index contributed by atoms with van der Waals surface area (Å²) < 4.78 is 13.0. The van der Waals surface area contributed by atoms with E-state index in [4.69, 9.17) is 0 Å². The lowest BCUT2D eigenvalue weighted by Gasteiger charge is -2.34. The molecule has 1 heterocycles. The molecule has 0 aromatic heterocycles. The summed E-state index contributed by atoms with van der Waals surface area (Å²) in [7, 11) is 1.56. The third-order valence-corrected chi connectivity index (χ3v) is 4.78. The number of carbonyl (C=O) groups excluding carboxylic acids is 3. The van der Waals surface area contributed by atoms with Gasteiger partial charge in [0.25, 0.3) is 11.8 Å². The second kappa shape index (κ2) is 9.29. The van der Waals surface area contributed by atoms with E-state index in [-0.39, 0.29) is 30.1 Å². The summed E-state index contributed by atoms with van der Waals surface area (Å²) in [6.07, 6.45) is 0. The summed E-state index contributed by atoms with van der Waals surface area (Å²) in [5.74, 6) is -0.849. The molecule has 152 valence electrons. The highest BCUT2D eigenvalue weighted by Gasteiger charge is 2.23. The molecule has 3 rings (SSSR count). The molecule has 0 bridgehead atoms. The van der Waals surface area contributed by atoms with Crippen molar-refractivity contribution in [3.05, 3.63) is 65.5 Å². The molecule has 0 aliphatic carbocycles. The van der Waals surface area contributed by atoms with Gasteiger partial charge in [-0.25, -0.2) is 4.39 Å². The zero-order valence-electron chi connectivity index (χ0n) is 16.2. The lowest BCUT2D eigenvalue weighted by Crippen LogP contribution is -2.50. The summed E-state index contributed by atoms with van der Waals surface area (Å²) in [6, 6.07) is 12.2. The second-order valence-electron chi connectivity index (χ2n) is 6.78. The fourth-order valence-electron chi connectivity index (χ4n) is 3.14. The molecule has 1 aliphatic heterocycles. The number of nitrogens with one attached hydrogen (secondary N) is 2. The van der Waals surface area contributed by atoms with E-state index in [1.54, 1.807) is 36.2 Å². The molecule has 0 radical (unpaired) electrons. The SMILES string of the molecule is CNC(=O)c1ccc(NC(=O)CN2CCN(C(=O)c3ccc(F)cc3)CC2)cc1. The minimum Gasteiger partial charge on any atom is -0.355 e. The zero-order chi connectivity index (χ0) is 20.8. The molecule has 0 unspecified atom stereocenters. The largest absolute Gasteiger partial charge is 0.355 e. The molecule has 7 nitrogen and oxygen atoms in total. The van der Waals surface area contributed by atoms with Crippen molar-refractivity contribution in [2.75, 3.05) is 45.1 Å². The molecule has 1 aliphatic rings. The third kappa shape index (κ3) is 5.39. The summed E-state index contributed by atoms with van der Waals surface area (Å²) in [4.78, 5) is 40.0. The van der Waals surface area contributed by atoms with E-state index in [1.807, 2.05) is 4.90 Å². The molecule has 0 atom stereocenters. The Morgan fingerprint density at radius 1 is 0.897 bits per heavy atom. The van der Waals surface area contributed by atoms with Gasteiger partial charge in [-0.3, -0.25) is 19.3 Å². The van der Waals surface area contributed by atoms with Gasteiger partial charge in [-0.05, 0) is 48.5 Å². The van der Waals surface area contributed by atoms with Gasteiger partial charge in [-0.2, -0.15) is 0 Å². The van der Waals surface area contributed by atoms with Crippen molar-refractivity contribution >= 4 is 23.4 Å². The quantitative estimate of drug-likeness (QED) is 0.801. The number of hydrogen-bond donors (Lipinski definition) is 2. The molecule has 2 N–H and O–H groups in total. The fourth-order valence-corrected chi connectivity index (χ4v) is 3.14. The van der Waals surface area contributed by atoms with E-state index in [2.05, 4.69) is 10.6 Å². The molecule has 0 saturated carbocycles. The molecule has 0 spiro atoms. The van der Waals surface area contributed by atoms with Crippen molar-refractivity contribution in [1.82, 2.24) is 15.1 Å². The van der Waals surface area contributed by atoms with Crippen LogP contribution >= 0.6 is 0 Å². The van der Waals surface area contributed by atoms with Gasteiger partial charge in [0.2, 0.25) is 5.91 Å². The number of hydrogen-bond acceptors (Lipinski definition) is 4. The Balaban J connectivity index is 1.46. The molecule has 29 heavy (non-hydrogen) atoms. The Hall–Kier alpha value is -3.26. The molecule has 2 aromatic rings. The Labute approximate surface area is 168 Å². The number of benzene rings is 2. The van der Waals surface area contributed by atoms with Crippen molar-refractivity contribution in [1.29, 1.82) is 0 Å². The van der Waals surface area contributed by atoms with Crippen LogP contribution < -0.4 is 10.6 Å². The van der Waals surface area contributed by atoms with E-state index in [9.17, 15) is 18.8 Å². The van der Waals surface area contributed by atoms with Crippen LogP contribution in [-0.4, -0.2) is 67.3 Å². The summed E-state index contributed by atoms with van der Waals surface area (Å²) in [6.45, 7) is 2.39. The van der Waals surface area contributed by atoms with E-state index < -0.39 is 0 Å². The molecular formula is C21H23FN4O3. The van der Waals surface area contributed by atoms with Crippen LogP contribution in [0.2, 0.25) is 0 Å². The van der Waals surface area contributed by atoms with E-state index in [1.165, 1.54) is 24.3 Å². The molecule has 3 amide bonds. The van der Waals surface area contributed by atoms with Crippen LogP contribution in [0.3, 0.4) is 0 Å². The first-order valence-electron chi connectivity index (χ1n) is 9.35. The highest BCUT2D eigenvalue weighted by Crippen LogP contribution is 2.12. The smallest absolute Gasteiger partial charge is 0.253 e. The Bertz CT molecular complexity index is 876. The minimum atomic E-state index is -0.374. The van der Waals surface area contributed by atoms with E-state index >= 15 is 0 Å². The van der Waals surface area contributed by atoms with Gasteiger partial charge in [-0.1, -0.05) is 0 Å². The predicted molar refractivity (Wildman–Crippen MR) is 107 cm³/mol. The van der Waals surface area contributed by atoms with Crippen LogP contribution in [0.25, 0.3) is 0 Å². The lowest BCUT2D eigenvalue weighted by molar-refractivity contribution is -0.117. The van der Waals surface area contributed by atoms with Crippen LogP contribution in [0.5, 0.6) is 0 Å². The van der Waals surface area contributed by atoms with Gasteiger partial charge in [0.15, 0.2) is 0 Å². The second-order valence-corrected chi connectivity index (χ2v) is 6.78. The van der Waals surface area contributed by atoms with Gasteiger partial charge in [0.05, 0.1) is 6.54 Å². The fraction of sp³-hybridized carbons (Fsp3) is 0.286. The van der Waals surface area contributed by atoms with Crippen molar-refractivity contribution in [2.24, 2.45) is 0 Å². The summed E-state index contributed by atoms with van der Waals surface area (Å²) in [5.41, 5.74) is 1.60. The van der Waals surface area contributed by atoms with Gasteiger partial charge in [-0.15, -0.1) is 0 Å². The number of piperazine rings is 1. The average molecular weight is 398 g/mol. The summed E-state index contributed by atoms with van der Waals surface area (Å²) in [5, 5.41) is 5.35. The molecule has 8 heteroatoms. The minimum absolute atomic E-state index is 0.134. The zero-order valence-corrected chi connectivity index (χ0v) is 16.2. The van der Waals surface area contributed by atoms with E-state index in [0.717, 1.165) is 0 Å². The average Bonchev–Trinajstić information content (AvgIpc) is 2.74. The number of amides is 3. The normalized spacial score (nSPS) is 14.3. The molecule has 2 aromatic carbocycles. The highest BCUT2D eigenvalue weighted by atomic mass is 19.1. The monoisotopic (exact) mass is 398 g/mol. The van der Waals surface area contributed by atoms with E-state index in [0.29, 0.717) is 43.0 Å². The topological polar surface area (TPSA) is 81.8 Å². The van der Waals surface area contributed by atoms with Gasteiger partial charge >= 0.3 is 0 Å². The van der Waals surface area contributed by atoms with Crippen molar-refractivity contribution in [3.8, 4) is 0 Å². The highest BCUT2D eigenvalue weighted by molar-refractivity contribution is 5.96. The molecule has 1 fully saturated rings. The van der Waals surface area contributed by atoms with Crippen LogP contribution in [-0.2, 0) is 4.79 Å². The maximum atomic E-state index is 13.0.